The predicted octanol–water partition coefficient (Wildman–Crippen LogP) is 2.57. The molecule has 0 aromatic heterocycles. The summed E-state index contributed by atoms with van der Waals surface area (Å²) in [5.41, 5.74) is 0.874. The summed E-state index contributed by atoms with van der Waals surface area (Å²) in [5.74, 6) is -0.0571. The molecule has 1 saturated carbocycles. The minimum atomic E-state index is -0.711. The van der Waals surface area contributed by atoms with Gasteiger partial charge in [0, 0.05) is 6.42 Å². The number of alkyl carbamates (subject to hydrolysis) is 1. The average molecular weight is 346 g/mol. The Hall–Kier alpha value is -2.37. The lowest BCUT2D eigenvalue weighted by atomic mass is 10.0. The van der Waals surface area contributed by atoms with E-state index in [1.165, 1.54) is 0 Å². The van der Waals surface area contributed by atoms with Crippen LogP contribution in [0.3, 0.4) is 0 Å². The summed E-state index contributed by atoms with van der Waals surface area (Å²) in [6, 6.07) is 8.20. The summed E-state index contributed by atoms with van der Waals surface area (Å²) < 4.78 is 5.18. The molecular weight excluding hydrogens is 320 g/mol. The van der Waals surface area contributed by atoms with Gasteiger partial charge < -0.3 is 15.4 Å². The number of hydrogen-bond acceptors (Lipinski definition) is 4. The zero-order valence-corrected chi connectivity index (χ0v) is 14.8. The second kappa shape index (κ2) is 9.20. The first kappa shape index (κ1) is 19.0. The van der Waals surface area contributed by atoms with E-state index < -0.39 is 18.2 Å². The number of ether oxygens (including phenoxy) is 1. The van der Waals surface area contributed by atoms with Crippen molar-refractivity contribution in [3.8, 4) is 0 Å². The van der Waals surface area contributed by atoms with Crippen molar-refractivity contribution in [1.29, 1.82) is 0 Å². The Kier molecular flexibility index (Phi) is 6.98. The number of rotatable bonds is 7. The van der Waals surface area contributed by atoms with Crippen LogP contribution >= 0.6 is 0 Å². The van der Waals surface area contributed by atoms with E-state index in [4.69, 9.17) is 4.74 Å². The molecule has 0 bridgehead atoms. The summed E-state index contributed by atoms with van der Waals surface area (Å²) in [4.78, 5) is 36.2. The van der Waals surface area contributed by atoms with Crippen LogP contribution in [-0.2, 0) is 20.9 Å². The van der Waals surface area contributed by atoms with E-state index in [0.717, 1.165) is 12.0 Å². The maximum atomic E-state index is 12.5. The summed E-state index contributed by atoms with van der Waals surface area (Å²) in [5, 5.41) is 5.38. The Bertz CT molecular complexity index is 601. The van der Waals surface area contributed by atoms with Gasteiger partial charge >= 0.3 is 6.09 Å². The zero-order chi connectivity index (χ0) is 18.2. The smallest absolute Gasteiger partial charge is 0.408 e. The van der Waals surface area contributed by atoms with Crippen LogP contribution in [0.15, 0.2) is 30.3 Å². The molecule has 1 aliphatic rings. The third-order valence-electron chi connectivity index (χ3n) is 4.15. The molecule has 1 fully saturated rings. The second-order valence-electron chi connectivity index (χ2n) is 6.81. The van der Waals surface area contributed by atoms with Crippen LogP contribution in [-0.4, -0.2) is 29.9 Å². The van der Waals surface area contributed by atoms with Crippen LogP contribution in [0.5, 0.6) is 0 Å². The molecule has 6 nitrogen and oxygen atoms in total. The van der Waals surface area contributed by atoms with Gasteiger partial charge in [0.2, 0.25) is 5.91 Å². The lowest BCUT2D eigenvalue weighted by Crippen LogP contribution is -2.51. The Morgan fingerprint density at radius 1 is 1.24 bits per heavy atom. The molecule has 1 aromatic carbocycles. The highest BCUT2D eigenvalue weighted by atomic mass is 16.5. The summed E-state index contributed by atoms with van der Waals surface area (Å²) in [7, 11) is 0. The fourth-order valence-electron chi connectivity index (χ4n) is 2.85. The molecule has 25 heavy (non-hydrogen) atoms. The molecule has 2 rings (SSSR count). The van der Waals surface area contributed by atoms with Crippen molar-refractivity contribution in [2.75, 3.05) is 0 Å². The van der Waals surface area contributed by atoms with Crippen LogP contribution in [0.1, 0.15) is 45.1 Å². The maximum absolute atomic E-state index is 12.5. The largest absolute Gasteiger partial charge is 0.445 e. The third kappa shape index (κ3) is 6.21. The number of ketones is 1. The van der Waals surface area contributed by atoms with Gasteiger partial charge in [0.25, 0.3) is 0 Å². The van der Waals surface area contributed by atoms with Crippen molar-refractivity contribution in [3.63, 3.8) is 0 Å². The molecule has 2 N–H and O–H groups in total. The molecule has 0 saturated heterocycles. The zero-order valence-electron chi connectivity index (χ0n) is 14.8. The molecule has 136 valence electrons. The number of amides is 2. The molecule has 6 heteroatoms. The van der Waals surface area contributed by atoms with E-state index >= 15 is 0 Å². The predicted molar refractivity (Wildman–Crippen MR) is 93.8 cm³/mol. The Labute approximate surface area is 148 Å². The standard InChI is InChI=1S/C19H26N2O4/c1-13(2)11-16(18(23)20-15-9-6-10-17(15)22)21-19(24)25-12-14-7-4-3-5-8-14/h3-5,7-8,13,15-16H,6,9-12H2,1-2H3,(H,20,23)(H,21,24)/t15?,16-/m0/s1. The van der Waals surface area contributed by atoms with E-state index in [1.54, 1.807) is 0 Å². The van der Waals surface area contributed by atoms with Gasteiger partial charge in [-0.25, -0.2) is 4.79 Å². The van der Waals surface area contributed by atoms with E-state index in [1.807, 2.05) is 44.2 Å². The summed E-state index contributed by atoms with van der Waals surface area (Å²) >= 11 is 0. The minimum absolute atomic E-state index is 0.0586. The Morgan fingerprint density at radius 3 is 2.56 bits per heavy atom. The SMILES string of the molecule is CC(C)C[C@H](NC(=O)OCc1ccccc1)C(=O)NC1CCCC1=O. The monoisotopic (exact) mass is 346 g/mol. The molecule has 0 heterocycles. The average Bonchev–Trinajstić information content (AvgIpc) is 2.98. The van der Waals surface area contributed by atoms with Gasteiger partial charge in [-0.1, -0.05) is 44.2 Å². The number of Topliss-reactive ketones (excluding diaryl/α,β-unsaturated/α-hetero) is 1. The van der Waals surface area contributed by atoms with Gasteiger partial charge in [0.15, 0.2) is 5.78 Å². The first-order valence-electron chi connectivity index (χ1n) is 8.76. The molecule has 0 spiro atoms. The Balaban J connectivity index is 1.88. The van der Waals surface area contributed by atoms with Crippen LogP contribution in [0.2, 0.25) is 0 Å². The lowest BCUT2D eigenvalue weighted by Gasteiger charge is -2.21. The maximum Gasteiger partial charge on any atom is 0.408 e. The quantitative estimate of drug-likeness (QED) is 0.795. The van der Waals surface area contributed by atoms with Crippen molar-refractivity contribution in [2.45, 2.75) is 58.2 Å². The normalized spacial score (nSPS) is 18.0. The third-order valence-corrected chi connectivity index (χ3v) is 4.15. The van der Waals surface area contributed by atoms with E-state index in [0.29, 0.717) is 19.3 Å². The number of hydrogen-bond donors (Lipinski definition) is 2. The molecule has 0 radical (unpaired) electrons. The van der Waals surface area contributed by atoms with Gasteiger partial charge in [0.05, 0.1) is 6.04 Å². The molecule has 1 aliphatic carbocycles. The topological polar surface area (TPSA) is 84.5 Å². The number of carbonyl (C=O) groups is 3. The van der Waals surface area contributed by atoms with E-state index in [2.05, 4.69) is 10.6 Å². The van der Waals surface area contributed by atoms with Crippen molar-refractivity contribution >= 4 is 17.8 Å². The van der Waals surface area contributed by atoms with Gasteiger partial charge in [-0.2, -0.15) is 0 Å². The van der Waals surface area contributed by atoms with E-state index in [-0.39, 0.29) is 24.2 Å². The van der Waals surface area contributed by atoms with Crippen LogP contribution < -0.4 is 10.6 Å². The Morgan fingerprint density at radius 2 is 1.96 bits per heavy atom. The van der Waals surface area contributed by atoms with E-state index in [9.17, 15) is 14.4 Å². The number of nitrogens with one attached hydrogen (secondary N) is 2. The molecule has 1 aromatic rings. The molecular formula is C19H26N2O4. The summed E-state index contributed by atoms with van der Waals surface area (Å²) in [6.45, 7) is 4.08. The minimum Gasteiger partial charge on any atom is -0.445 e. The highest BCUT2D eigenvalue weighted by molar-refractivity contribution is 5.93. The molecule has 0 aliphatic heterocycles. The summed E-state index contributed by atoms with van der Waals surface area (Å²) in [6.07, 6.45) is 1.81. The van der Waals surface area contributed by atoms with Gasteiger partial charge in [0.1, 0.15) is 12.6 Å². The first-order valence-corrected chi connectivity index (χ1v) is 8.76. The van der Waals surface area contributed by atoms with Crippen molar-refractivity contribution < 1.29 is 19.1 Å². The molecule has 2 amide bonds. The van der Waals surface area contributed by atoms with Gasteiger partial charge in [-0.3, -0.25) is 9.59 Å². The van der Waals surface area contributed by atoms with Gasteiger partial charge in [-0.15, -0.1) is 0 Å². The highest BCUT2D eigenvalue weighted by Crippen LogP contribution is 2.15. The van der Waals surface area contributed by atoms with Crippen molar-refractivity contribution in [1.82, 2.24) is 10.6 Å². The fourth-order valence-corrected chi connectivity index (χ4v) is 2.85. The van der Waals surface area contributed by atoms with Crippen LogP contribution in [0.25, 0.3) is 0 Å². The lowest BCUT2D eigenvalue weighted by molar-refractivity contribution is -0.128. The van der Waals surface area contributed by atoms with Crippen molar-refractivity contribution in [2.24, 2.45) is 5.92 Å². The highest BCUT2D eigenvalue weighted by Gasteiger charge is 2.30. The second-order valence-corrected chi connectivity index (χ2v) is 6.81. The first-order chi connectivity index (χ1) is 12.0. The number of benzene rings is 1. The number of carbonyl (C=O) groups excluding carboxylic acids is 3. The van der Waals surface area contributed by atoms with Crippen LogP contribution in [0.4, 0.5) is 4.79 Å². The van der Waals surface area contributed by atoms with Crippen LogP contribution in [0, 0.1) is 5.92 Å². The molecule has 1 unspecified atom stereocenters. The van der Waals surface area contributed by atoms with Crippen molar-refractivity contribution in [3.05, 3.63) is 35.9 Å². The van der Waals surface area contributed by atoms with Gasteiger partial charge in [-0.05, 0) is 30.7 Å². The molecule has 2 atom stereocenters. The fraction of sp³-hybridized carbons (Fsp3) is 0.526.